The van der Waals surface area contributed by atoms with Crippen LogP contribution < -0.4 is 0 Å². The fraction of sp³-hybridized carbons (Fsp3) is 1.00. The molecule has 12 heteroatoms. The minimum absolute atomic E-state index is 0.222. The van der Waals surface area contributed by atoms with Gasteiger partial charge in [0.2, 0.25) is 0 Å². The predicted octanol–water partition coefficient (Wildman–Crippen LogP) is 2.03. The van der Waals surface area contributed by atoms with Crippen molar-refractivity contribution in [3.05, 3.63) is 0 Å². The molecule has 0 N–H and O–H groups in total. The van der Waals surface area contributed by atoms with Crippen LogP contribution in [0.4, 0.5) is 0 Å². The van der Waals surface area contributed by atoms with Gasteiger partial charge in [-0.15, -0.1) is 0 Å². The normalized spacial score (nSPS) is 13.7. The van der Waals surface area contributed by atoms with Crippen molar-refractivity contribution in [3.63, 3.8) is 0 Å². The first kappa shape index (κ1) is 26.8. The van der Waals surface area contributed by atoms with Gasteiger partial charge in [-0.3, -0.25) is 0 Å². The summed E-state index contributed by atoms with van der Waals surface area (Å²) in [6.45, 7) is 3.87. The maximum atomic E-state index is 12.0. The molecule has 0 aliphatic carbocycles. The molecule has 0 saturated carbocycles. The van der Waals surface area contributed by atoms with Gasteiger partial charge in [0.1, 0.15) is 0 Å². The maximum Gasteiger partial charge on any atom is 0.253 e. The molecule has 0 fully saturated rings. The van der Waals surface area contributed by atoms with E-state index < -0.39 is 64.9 Å². The largest absolute Gasteiger partial charge is 0.253 e. The maximum absolute atomic E-state index is 12.0. The second-order valence-corrected chi connectivity index (χ2v) is 18.7. The fourth-order valence-electron chi connectivity index (χ4n) is 2.33. The first-order valence-corrected chi connectivity index (χ1v) is 16.9. The minimum Gasteiger partial charge on any atom is -0.213 e. The van der Waals surface area contributed by atoms with E-state index in [0.717, 1.165) is 25.7 Å². The van der Waals surface area contributed by atoms with Crippen LogP contribution in [0, 0.1) is 0 Å². The van der Waals surface area contributed by atoms with E-state index in [1.54, 1.807) is 0 Å². The number of rotatable bonds is 16. The van der Waals surface area contributed by atoms with Crippen LogP contribution in [0.15, 0.2) is 0 Å². The first-order valence-electron chi connectivity index (χ1n) is 9.24. The second-order valence-electron chi connectivity index (χ2n) is 6.52. The molecule has 0 rings (SSSR count). The average Bonchev–Trinajstić information content (AvgIpc) is 2.55. The molecule has 0 aromatic heterocycles. The summed E-state index contributed by atoms with van der Waals surface area (Å²) in [5.74, 6) is -2.79. The smallest absolute Gasteiger partial charge is 0.213 e. The molecule has 0 aromatic carbocycles. The number of unbranched alkanes of at least 4 members (excludes halogenated alkanes) is 6. The average molecular weight is 469 g/mol. The molecule has 0 saturated heterocycles. The lowest BCUT2D eigenvalue weighted by Crippen LogP contribution is -2.26. The zero-order valence-electron chi connectivity index (χ0n) is 16.1. The third-order valence-electron chi connectivity index (χ3n) is 4.06. The molecule has 0 radical (unpaired) electrons. The quantitative estimate of drug-likeness (QED) is 0.248. The fourth-order valence-corrected chi connectivity index (χ4v) is 10.1. The Morgan fingerprint density at radius 1 is 0.370 bits per heavy atom. The van der Waals surface area contributed by atoms with Gasteiger partial charge in [-0.2, -0.15) is 0 Å². The lowest BCUT2D eigenvalue weighted by molar-refractivity contribution is 0.575. The first-order chi connectivity index (χ1) is 12.3. The van der Waals surface area contributed by atoms with E-state index in [1.165, 1.54) is 0 Å². The van der Waals surface area contributed by atoms with Crippen molar-refractivity contribution in [2.45, 2.75) is 71.6 Å². The van der Waals surface area contributed by atoms with E-state index in [1.807, 2.05) is 13.8 Å². The highest BCUT2D eigenvalue weighted by molar-refractivity contribution is 8.67. The Bertz CT molecular complexity index is 765. The molecule has 0 spiro atoms. The molecule has 0 aromatic rings. The zero-order valence-corrected chi connectivity index (χ0v) is 19.4. The van der Waals surface area contributed by atoms with Gasteiger partial charge in [-0.1, -0.05) is 52.4 Å². The summed E-state index contributed by atoms with van der Waals surface area (Å²) in [5.41, 5.74) is 0. The summed E-state index contributed by atoms with van der Waals surface area (Å²) in [5, 5.41) is 0. The standard InChI is InChI=1S/C15H32O8S4/c1-3-5-7-9-12-24(16,17)26(20,21)14-11-15-27(22,23)25(18,19)13-10-8-6-4-2/h3-15H2,1-2H3. The lowest BCUT2D eigenvalue weighted by Gasteiger charge is -2.08. The van der Waals surface area contributed by atoms with Crippen LogP contribution >= 0.6 is 0 Å². The van der Waals surface area contributed by atoms with Gasteiger partial charge >= 0.3 is 0 Å². The zero-order chi connectivity index (χ0) is 21.2. The highest BCUT2D eigenvalue weighted by Gasteiger charge is 2.32. The van der Waals surface area contributed by atoms with Crippen LogP contribution in [0.1, 0.15) is 71.6 Å². The van der Waals surface area contributed by atoms with E-state index in [9.17, 15) is 33.7 Å². The van der Waals surface area contributed by atoms with Crippen molar-refractivity contribution in [2.24, 2.45) is 0 Å². The molecule has 0 aliphatic rings. The number of hydrogen-bond donors (Lipinski definition) is 0. The molecular formula is C15H32O8S4. The Morgan fingerprint density at radius 3 is 0.889 bits per heavy atom. The molecular weight excluding hydrogens is 436 g/mol. The van der Waals surface area contributed by atoms with Gasteiger partial charge < -0.3 is 0 Å². The SMILES string of the molecule is CCCCCCS(=O)(=O)S(=O)(=O)CCCS(=O)(=O)S(=O)(=O)CCCCCC. The van der Waals surface area contributed by atoms with E-state index >= 15 is 0 Å². The van der Waals surface area contributed by atoms with Crippen molar-refractivity contribution in [2.75, 3.05) is 23.0 Å². The Morgan fingerprint density at radius 2 is 0.630 bits per heavy atom. The van der Waals surface area contributed by atoms with Crippen molar-refractivity contribution in [3.8, 4) is 0 Å². The summed E-state index contributed by atoms with van der Waals surface area (Å²) in [4.78, 5) is 0. The molecule has 0 bridgehead atoms. The molecule has 0 atom stereocenters. The van der Waals surface area contributed by atoms with E-state index in [-0.39, 0.29) is 12.8 Å². The van der Waals surface area contributed by atoms with Crippen molar-refractivity contribution in [1.29, 1.82) is 0 Å². The molecule has 164 valence electrons. The molecule has 27 heavy (non-hydrogen) atoms. The van der Waals surface area contributed by atoms with Crippen molar-refractivity contribution in [1.82, 2.24) is 0 Å². The van der Waals surface area contributed by atoms with Crippen LogP contribution in [0.3, 0.4) is 0 Å². The summed E-state index contributed by atoms with van der Waals surface area (Å²) in [6.07, 6.45) is 4.40. The van der Waals surface area contributed by atoms with Crippen LogP contribution in [0.2, 0.25) is 0 Å². The lowest BCUT2D eigenvalue weighted by atomic mass is 10.2. The highest BCUT2D eigenvalue weighted by atomic mass is 33.2. The Labute approximate surface area is 163 Å². The molecule has 8 nitrogen and oxygen atoms in total. The van der Waals surface area contributed by atoms with Gasteiger partial charge in [0.25, 0.3) is 35.5 Å². The van der Waals surface area contributed by atoms with E-state index in [0.29, 0.717) is 12.8 Å². The molecule has 0 heterocycles. The Hall–Kier alpha value is -0.200. The van der Waals surface area contributed by atoms with Crippen molar-refractivity contribution < 1.29 is 33.7 Å². The van der Waals surface area contributed by atoms with Crippen molar-refractivity contribution >= 4 is 35.5 Å². The summed E-state index contributed by atoms with van der Waals surface area (Å²) < 4.78 is 95.5. The van der Waals surface area contributed by atoms with Gasteiger partial charge in [0.15, 0.2) is 0 Å². The Balaban J connectivity index is 4.73. The van der Waals surface area contributed by atoms with E-state index in [4.69, 9.17) is 0 Å². The van der Waals surface area contributed by atoms with Crippen LogP contribution in [-0.2, 0) is 35.5 Å². The van der Waals surface area contributed by atoms with Crippen LogP contribution in [0.5, 0.6) is 0 Å². The van der Waals surface area contributed by atoms with Gasteiger partial charge in [-0.05, 0) is 19.3 Å². The number of hydrogen-bond acceptors (Lipinski definition) is 8. The predicted molar refractivity (Wildman–Crippen MR) is 108 cm³/mol. The summed E-state index contributed by atoms with van der Waals surface area (Å²) in [7, 11) is -17.8. The molecule has 0 unspecified atom stereocenters. The highest BCUT2D eigenvalue weighted by Crippen LogP contribution is 2.14. The van der Waals surface area contributed by atoms with Gasteiger partial charge in [0, 0.05) is 0 Å². The monoisotopic (exact) mass is 468 g/mol. The van der Waals surface area contributed by atoms with Crippen LogP contribution in [-0.4, -0.2) is 56.7 Å². The summed E-state index contributed by atoms with van der Waals surface area (Å²) in [6, 6.07) is 0. The third kappa shape index (κ3) is 9.23. The second kappa shape index (κ2) is 11.7. The van der Waals surface area contributed by atoms with Gasteiger partial charge in [-0.25, -0.2) is 33.7 Å². The summed E-state index contributed by atoms with van der Waals surface area (Å²) >= 11 is 0. The molecule has 0 amide bonds. The van der Waals surface area contributed by atoms with E-state index in [2.05, 4.69) is 0 Å². The Kier molecular flexibility index (Phi) is 11.6. The minimum atomic E-state index is -4.53. The van der Waals surface area contributed by atoms with Crippen LogP contribution in [0.25, 0.3) is 0 Å². The third-order valence-corrected chi connectivity index (χ3v) is 15.4. The topological polar surface area (TPSA) is 137 Å². The van der Waals surface area contributed by atoms with Gasteiger partial charge in [0.05, 0.1) is 23.0 Å². The molecule has 0 aliphatic heterocycles.